The van der Waals surface area contributed by atoms with Gasteiger partial charge in [-0.1, -0.05) is 20.8 Å². The van der Waals surface area contributed by atoms with Crippen LogP contribution in [0.15, 0.2) is 0 Å². The van der Waals surface area contributed by atoms with Crippen molar-refractivity contribution in [2.75, 3.05) is 7.11 Å². The van der Waals surface area contributed by atoms with Crippen LogP contribution < -0.4 is 0 Å². The zero-order valence-corrected chi connectivity index (χ0v) is 9.96. The molecule has 0 spiro atoms. The van der Waals surface area contributed by atoms with E-state index in [2.05, 4.69) is 20.8 Å². The minimum absolute atomic E-state index is 0.138. The number of aliphatic hydroxyl groups excluding tert-OH is 1. The molecular formula is C12H20O3. The molecule has 2 bridgehead atoms. The fraction of sp³-hybridized carbons (Fsp3) is 0.917. The number of hydrogen-bond acceptors (Lipinski definition) is 3. The van der Waals surface area contributed by atoms with Crippen LogP contribution in [-0.4, -0.2) is 24.3 Å². The van der Waals surface area contributed by atoms with Crippen LogP contribution in [0.25, 0.3) is 0 Å². The number of carbonyl (C=O) groups is 1. The minimum atomic E-state index is -0.462. The molecule has 0 saturated heterocycles. The Morgan fingerprint density at radius 2 is 1.93 bits per heavy atom. The molecule has 0 aromatic rings. The van der Waals surface area contributed by atoms with Crippen molar-refractivity contribution in [3.8, 4) is 0 Å². The quantitative estimate of drug-likeness (QED) is 0.673. The molecule has 0 aliphatic heterocycles. The van der Waals surface area contributed by atoms with Crippen molar-refractivity contribution in [3.63, 3.8) is 0 Å². The average Bonchev–Trinajstić information content (AvgIpc) is 2.47. The lowest BCUT2D eigenvalue weighted by atomic mass is 9.65. The number of esters is 1. The largest absolute Gasteiger partial charge is 0.469 e. The normalized spacial score (nSPS) is 46.9. The molecule has 0 amide bonds. The average molecular weight is 212 g/mol. The lowest BCUT2D eigenvalue weighted by Crippen LogP contribution is -2.41. The summed E-state index contributed by atoms with van der Waals surface area (Å²) in [6, 6.07) is 0. The molecule has 0 aromatic carbocycles. The molecule has 0 heterocycles. The topological polar surface area (TPSA) is 46.5 Å². The summed E-state index contributed by atoms with van der Waals surface area (Å²) < 4.78 is 4.93. The van der Waals surface area contributed by atoms with Crippen LogP contribution in [0, 0.1) is 16.2 Å². The number of fused-ring (bicyclic) bond motifs is 2. The molecule has 2 aliphatic rings. The van der Waals surface area contributed by atoms with E-state index in [1.165, 1.54) is 7.11 Å². The van der Waals surface area contributed by atoms with Crippen molar-refractivity contribution >= 4 is 5.97 Å². The molecule has 15 heavy (non-hydrogen) atoms. The van der Waals surface area contributed by atoms with Crippen LogP contribution in [0.1, 0.15) is 40.0 Å². The minimum Gasteiger partial charge on any atom is -0.469 e. The third-order valence-corrected chi connectivity index (χ3v) is 5.55. The van der Waals surface area contributed by atoms with Crippen LogP contribution in [0.4, 0.5) is 0 Å². The van der Waals surface area contributed by atoms with Crippen molar-refractivity contribution in [1.82, 2.24) is 0 Å². The Bertz CT molecular complexity index is 310. The van der Waals surface area contributed by atoms with Gasteiger partial charge in [-0.05, 0) is 30.1 Å². The molecule has 0 unspecified atom stereocenters. The maximum atomic E-state index is 12.0. The summed E-state index contributed by atoms with van der Waals surface area (Å²) in [5, 5.41) is 10.1. The second kappa shape index (κ2) is 2.76. The summed E-state index contributed by atoms with van der Waals surface area (Å²) in [4.78, 5) is 12.0. The maximum absolute atomic E-state index is 12.0. The van der Waals surface area contributed by atoms with Crippen molar-refractivity contribution in [1.29, 1.82) is 0 Å². The highest BCUT2D eigenvalue weighted by atomic mass is 16.5. The van der Waals surface area contributed by atoms with E-state index in [-0.39, 0.29) is 22.9 Å². The Morgan fingerprint density at radius 3 is 2.27 bits per heavy atom. The molecule has 0 aromatic heterocycles. The first-order chi connectivity index (χ1) is 6.82. The van der Waals surface area contributed by atoms with Gasteiger partial charge in [0.05, 0.1) is 18.6 Å². The fourth-order valence-corrected chi connectivity index (χ4v) is 3.78. The summed E-state index contributed by atoms with van der Waals surface area (Å²) in [6.45, 7) is 6.27. The van der Waals surface area contributed by atoms with Crippen molar-refractivity contribution < 1.29 is 14.6 Å². The van der Waals surface area contributed by atoms with E-state index in [1.54, 1.807) is 0 Å². The van der Waals surface area contributed by atoms with Gasteiger partial charge in [-0.2, -0.15) is 0 Å². The highest BCUT2D eigenvalue weighted by Gasteiger charge is 2.72. The Balaban J connectivity index is 2.49. The van der Waals surface area contributed by atoms with E-state index in [0.29, 0.717) is 6.42 Å². The van der Waals surface area contributed by atoms with Gasteiger partial charge in [0.25, 0.3) is 0 Å². The van der Waals surface area contributed by atoms with Gasteiger partial charge in [-0.15, -0.1) is 0 Å². The zero-order valence-electron chi connectivity index (χ0n) is 9.96. The summed E-state index contributed by atoms with van der Waals surface area (Å²) in [5.74, 6) is -0.146. The predicted octanol–water partition coefficient (Wildman–Crippen LogP) is 1.74. The lowest BCUT2D eigenvalue weighted by molar-refractivity contribution is -0.158. The number of aliphatic hydroxyl groups is 1. The van der Waals surface area contributed by atoms with Gasteiger partial charge in [0.15, 0.2) is 0 Å². The highest BCUT2D eigenvalue weighted by Crippen LogP contribution is 2.72. The first kappa shape index (κ1) is 10.9. The van der Waals surface area contributed by atoms with E-state index in [1.807, 2.05) is 0 Å². The molecule has 2 fully saturated rings. The molecule has 3 nitrogen and oxygen atoms in total. The monoisotopic (exact) mass is 212 g/mol. The smallest absolute Gasteiger partial charge is 0.312 e. The molecule has 0 radical (unpaired) electrons. The Kier molecular flexibility index (Phi) is 2.01. The second-order valence-electron chi connectivity index (χ2n) is 5.84. The van der Waals surface area contributed by atoms with E-state index in [9.17, 15) is 9.90 Å². The molecule has 2 aliphatic carbocycles. The van der Waals surface area contributed by atoms with Gasteiger partial charge in [-0.25, -0.2) is 0 Å². The summed E-state index contributed by atoms with van der Waals surface area (Å²) in [5.41, 5.74) is -0.774. The summed E-state index contributed by atoms with van der Waals surface area (Å²) in [6.07, 6.45) is 1.94. The SMILES string of the molecule is COC(=O)[C@]12CC[C@@](C)([C@@H](O)C1)C2(C)C. The van der Waals surface area contributed by atoms with Crippen molar-refractivity contribution in [2.24, 2.45) is 16.2 Å². The first-order valence-corrected chi connectivity index (χ1v) is 5.58. The molecular weight excluding hydrogens is 192 g/mol. The number of rotatable bonds is 1. The second-order valence-corrected chi connectivity index (χ2v) is 5.84. The fourth-order valence-electron chi connectivity index (χ4n) is 3.78. The number of ether oxygens (including phenoxy) is 1. The Morgan fingerprint density at radius 1 is 1.33 bits per heavy atom. The number of methoxy groups -OCH3 is 1. The lowest BCUT2D eigenvalue weighted by Gasteiger charge is -2.39. The summed E-state index contributed by atoms with van der Waals surface area (Å²) in [7, 11) is 1.44. The predicted molar refractivity (Wildman–Crippen MR) is 56.2 cm³/mol. The highest BCUT2D eigenvalue weighted by molar-refractivity contribution is 5.79. The zero-order chi connectivity index (χ0) is 11.5. The molecule has 3 heteroatoms. The molecule has 1 N–H and O–H groups in total. The standard InChI is InChI=1S/C12H20O3/c1-10(2)11(3)5-6-12(10,7-8(11)13)9(14)15-4/h8,13H,5-7H2,1-4H3/t8-,11-,12-/m0/s1. The third-order valence-electron chi connectivity index (χ3n) is 5.55. The van der Waals surface area contributed by atoms with Crippen molar-refractivity contribution in [3.05, 3.63) is 0 Å². The van der Waals surface area contributed by atoms with Gasteiger partial charge in [0.1, 0.15) is 0 Å². The van der Waals surface area contributed by atoms with Gasteiger partial charge < -0.3 is 9.84 Å². The van der Waals surface area contributed by atoms with Gasteiger partial charge in [0.2, 0.25) is 0 Å². The number of hydrogen-bond donors (Lipinski definition) is 1. The van der Waals surface area contributed by atoms with Crippen LogP contribution in [0.2, 0.25) is 0 Å². The van der Waals surface area contributed by atoms with E-state index in [0.717, 1.165) is 12.8 Å². The molecule has 2 rings (SSSR count). The third kappa shape index (κ3) is 0.930. The maximum Gasteiger partial charge on any atom is 0.312 e. The van der Waals surface area contributed by atoms with Gasteiger partial charge >= 0.3 is 5.97 Å². The van der Waals surface area contributed by atoms with E-state index >= 15 is 0 Å². The van der Waals surface area contributed by atoms with Gasteiger partial charge in [-0.3, -0.25) is 4.79 Å². The van der Waals surface area contributed by atoms with Crippen LogP contribution in [0.3, 0.4) is 0 Å². The Labute approximate surface area is 90.8 Å². The van der Waals surface area contributed by atoms with Gasteiger partial charge in [0, 0.05) is 0 Å². The summed E-state index contributed by atoms with van der Waals surface area (Å²) >= 11 is 0. The molecule has 2 saturated carbocycles. The van der Waals surface area contributed by atoms with E-state index < -0.39 is 5.41 Å². The molecule has 3 atom stereocenters. The first-order valence-electron chi connectivity index (χ1n) is 5.58. The Hall–Kier alpha value is -0.570. The van der Waals surface area contributed by atoms with E-state index in [4.69, 9.17) is 4.74 Å². The number of carbonyl (C=O) groups excluding carboxylic acids is 1. The molecule has 86 valence electrons. The van der Waals surface area contributed by atoms with Crippen molar-refractivity contribution in [2.45, 2.75) is 46.1 Å². The van der Waals surface area contributed by atoms with Crippen LogP contribution in [0.5, 0.6) is 0 Å². The van der Waals surface area contributed by atoms with Crippen LogP contribution >= 0.6 is 0 Å². The van der Waals surface area contributed by atoms with Crippen LogP contribution in [-0.2, 0) is 9.53 Å².